The summed E-state index contributed by atoms with van der Waals surface area (Å²) in [4.78, 5) is 25.1. The molecule has 1 aliphatic rings. The van der Waals surface area contributed by atoms with E-state index in [-0.39, 0.29) is 12.5 Å². The molecule has 0 unspecified atom stereocenters. The fourth-order valence-corrected chi connectivity index (χ4v) is 4.25. The highest BCUT2D eigenvalue weighted by molar-refractivity contribution is 7.17. The summed E-state index contributed by atoms with van der Waals surface area (Å²) in [6.07, 6.45) is 2.82. The average Bonchev–Trinajstić information content (AvgIpc) is 3.08. The van der Waals surface area contributed by atoms with Crippen LogP contribution in [-0.2, 0) is 17.6 Å². The summed E-state index contributed by atoms with van der Waals surface area (Å²) >= 11 is 1.44. The third-order valence-corrected chi connectivity index (χ3v) is 5.54. The summed E-state index contributed by atoms with van der Waals surface area (Å²) in [5.41, 5.74) is 9.08. The Balaban J connectivity index is 1.70. The van der Waals surface area contributed by atoms with E-state index >= 15 is 0 Å². The van der Waals surface area contributed by atoms with Crippen LogP contribution < -0.4 is 15.8 Å². The number of thiophene rings is 1. The van der Waals surface area contributed by atoms with Crippen LogP contribution in [-0.4, -0.2) is 18.4 Å². The average molecular weight is 344 g/mol. The van der Waals surface area contributed by atoms with Crippen molar-refractivity contribution in [1.29, 1.82) is 0 Å². The lowest BCUT2D eigenvalue weighted by atomic mass is 10.1. The Bertz CT molecular complexity index is 811. The number of fused-ring (bicyclic) bond motifs is 1. The van der Waals surface area contributed by atoms with Crippen molar-refractivity contribution < 1.29 is 14.3 Å². The zero-order valence-electron chi connectivity index (χ0n) is 13.8. The number of carbonyl (C=O) groups is 2. The number of ether oxygens (including phenoxy) is 1. The van der Waals surface area contributed by atoms with E-state index in [1.54, 1.807) is 0 Å². The molecule has 0 spiro atoms. The molecule has 1 aromatic carbocycles. The molecule has 1 aromatic heterocycles. The lowest BCUT2D eigenvalue weighted by Gasteiger charge is -2.11. The number of nitrogens with two attached hydrogens (primary N) is 1. The summed E-state index contributed by atoms with van der Waals surface area (Å²) in [6.45, 7) is 3.84. The molecular formula is C18H20N2O3S. The summed E-state index contributed by atoms with van der Waals surface area (Å²) in [5.74, 6) is -0.0903. The molecule has 2 amide bonds. The monoisotopic (exact) mass is 344 g/mol. The molecule has 5 nitrogen and oxygen atoms in total. The first-order valence-electron chi connectivity index (χ1n) is 7.90. The largest absolute Gasteiger partial charge is 0.483 e. The third-order valence-electron chi connectivity index (χ3n) is 4.33. The first-order valence-corrected chi connectivity index (χ1v) is 8.72. The van der Waals surface area contributed by atoms with Crippen molar-refractivity contribution in [1.82, 2.24) is 0 Å². The van der Waals surface area contributed by atoms with Gasteiger partial charge in [0.2, 0.25) is 0 Å². The molecule has 0 fully saturated rings. The minimum absolute atomic E-state index is 0.106. The molecule has 24 heavy (non-hydrogen) atoms. The highest BCUT2D eigenvalue weighted by Gasteiger charge is 2.26. The van der Waals surface area contributed by atoms with Gasteiger partial charge in [-0.2, -0.15) is 0 Å². The summed E-state index contributed by atoms with van der Waals surface area (Å²) < 4.78 is 5.61. The van der Waals surface area contributed by atoms with Crippen LogP contribution in [0.2, 0.25) is 0 Å². The van der Waals surface area contributed by atoms with Crippen LogP contribution in [0.1, 0.15) is 38.3 Å². The van der Waals surface area contributed by atoms with Crippen LogP contribution in [0.5, 0.6) is 5.75 Å². The Labute approximate surface area is 144 Å². The number of primary amides is 1. The van der Waals surface area contributed by atoms with Gasteiger partial charge in [0.05, 0.1) is 5.56 Å². The minimum Gasteiger partial charge on any atom is -0.483 e. The van der Waals surface area contributed by atoms with Crippen LogP contribution in [0.25, 0.3) is 0 Å². The normalized spacial score (nSPS) is 12.8. The molecule has 2 aromatic rings. The van der Waals surface area contributed by atoms with E-state index in [0.29, 0.717) is 16.3 Å². The fraction of sp³-hybridized carbons (Fsp3) is 0.333. The zero-order valence-corrected chi connectivity index (χ0v) is 14.6. The molecule has 3 rings (SSSR count). The maximum atomic E-state index is 12.2. The van der Waals surface area contributed by atoms with Gasteiger partial charge in [-0.15, -0.1) is 11.3 Å². The molecule has 0 aliphatic heterocycles. The van der Waals surface area contributed by atoms with Crippen LogP contribution in [0, 0.1) is 13.8 Å². The summed E-state index contributed by atoms with van der Waals surface area (Å²) in [5, 5.41) is 3.32. The maximum Gasteiger partial charge on any atom is 0.262 e. The van der Waals surface area contributed by atoms with Crippen LogP contribution >= 0.6 is 11.3 Å². The molecule has 0 saturated heterocycles. The second-order valence-electron chi connectivity index (χ2n) is 5.96. The number of hydrogen-bond acceptors (Lipinski definition) is 4. The smallest absolute Gasteiger partial charge is 0.262 e. The highest BCUT2D eigenvalue weighted by Crippen LogP contribution is 2.38. The molecular weight excluding hydrogens is 324 g/mol. The van der Waals surface area contributed by atoms with Crippen molar-refractivity contribution in [2.75, 3.05) is 11.9 Å². The number of amides is 2. The van der Waals surface area contributed by atoms with E-state index in [4.69, 9.17) is 10.5 Å². The molecule has 1 aliphatic carbocycles. The van der Waals surface area contributed by atoms with Gasteiger partial charge in [0.1, 0.15) is 10.8 Å². The molecule has 3 N–H and O–H groups in total. The Kier molecular flexibility index (Phi) is 4.57. The highest BCUT2D eigenvalue weighted by atomic mass is 32.1. The zero-order chi connectivity index (χ0) is 17.3. The SMILES string of the molecule is Cc1cccc(OCC(=O)Nc2sc3c(c2C(N)=O)CCC3)c1C. The van der Waals surface area contributed by atoms with Gasteiger partial charge in [-0.1, -0.05) is 12.1 Å². The fourth-order valence-electron chi connectivity index (χ4n) is 2.94. The van der Waals surface area contributed by atoms with Gasteiger partial charge in [0.15, 0.2) is 6.61 Å². The van der Waals surface area contributed by atoms with Crippen molar-refractivity contribution in [2.45, 2.75) is 33.1 Å². The van der Waals surface area contributed by atoms with Crippen LogP contribution in [0.4, 0.5) is 5.00 Å². The van der Waals surface area contributed by atoms with E-state index in [0.717, 1.165) is 40.8 Å². The molecule has 0 radical (unpaired) electrons. The third kappa shape index (κ3) is 3.14. The number of nitrogens with one attached hydrogen (secondary N) is 1. The predicted octanol–water partition coefficient (Wildman–Crippen LogP) is 2.97. The Hall–Kier alpha value is -2.34. The van der Waals surface area contributed by atoms with E-state index in [1.807, 2.05) is 32.0 Å². The van der Waals surface area contributed by atoms with E-state index in [9.17, 15) is 9.59 Å². The summed E-state index contributed by atoms with van der Waals surface area (Å²) in [7, 11) is 0. The molecule has 0 bridgehead atoms. The quantitative estimate of drug-likeness (QED) is 0.875. The van der Waals surface area contributed by atoms with Crippen molar-refractivity contribution in [3.05, 3.63) is 45.3 Å². The van der Waals surface area contributed by atoms with Crippen molar-refractivity contribution in [2.24, 2.45) is 5.73 Å². The topological polar surface area (TPSA) is 81.4 Å². The predicted molar refractivity (Wildman–Crippen MR) is 94.9 cm³/mol. The second kappa shape index (κ2) is 6.65. The van der Waals surface area contributed by atoms with E-state index in [1.165, 1.54) is 11.3 Å². The van der Waals surface area contributed by atoms with Gasteiger partial charge >= 0.3 is 0 Å². The summed E-state index contributed by atoms with van der Waals surface area (Å²) in [6, 6.07) is 5.73. The van der Waals surface area contributed by atoms with Crippen molar-refractivity contribution in [3.8, 4) is 5.75 Å². The number of carbonyl (C=O) groups excluding carboxylic acids is 2. The lowest BCUT2D eigenvalue weighted by Crippen LogP contribution is -2.22. The number of aryl methyl sites for hydroxylation is 2. The Morgan fingerprint density at radius 3 is 2.83 bits per heavy atom. The second-order valence-corrected chi connectivity index (χ2v) is 7.07. The van der Waals surface area contributed by atoms with Gasteiger partial charge in [-0.25, -0.2) is 0 Å². The van der Waals surface area contributed by atoms with Gasteiger partial charge in [0, 0.05) is 4.88 Å². The van der Waals surface area contributed by atoms with Crippen molar-refractivity contribution >= 4 is 28.2 Å². The number of anilines is 1. The lowest BCUT2D eigenvalue weighted by molar-refractivity contribution is -0.118. The van der Waals surface area contributed by atoms with Gasteiger partial charge in [-0.3, -0.25) is 9.59 Å². The van der Waals surface area contributed by atoms with Gasteiger partial charge in [-0.05, 0) is 55.9 Å². The molecule has 0 atom stereocenters. The van der Waals surface area contributed by atoms with E-state index in [2.05, 4.69) is 5.32 Å². The first-order chi connectivity index (χ1) is 11.5. The number of rotatable bonds is 5. The van der Waals surface area contributed by atoms with Crippen LogP contribution in [0.15, 0.2) is 18.2 Å². The molecule has 6 heteroatoms. The number of hydrogen-bond donors (Lipinski definition) is 2. The van der Waals surface area contributed by atoms with Gasteiger partial charge < -0.3 is 15.8 Å². The van der Waals surface area contributed by atoms with E-state index < -0.39 is 5.91 Å². The number of benzene rings is 1. The van der Waals surface area contributed by atoms with Crippen molar-refractivity contribution in [3.63, 3.8) is 0 Å². The maximum absolute atomic E-state index is 12.2. The molecule has 126 valence electrons. The Morgan fingerprint density at radius 2 is 2.08 bits per heavy atom. The van der Waals surface area contributed by atoms with Crippen LogP contribution in [0.3, 0.4) is 0 Å². The minimum atomic E-state index is -0.486. The van der Waals surface area contributed by atoms with Gasteiger partial charge in [0.25, 0.3) is 11.8 Å². The first kappa shape index (κ1) is 16.5. The molecule has 1 heterocycles. The Morgan fingerprint density at radius 1 is 1.29 bits per heavy atom. The molecule has 0 saturated carbocycles. The standard InChI is InChI=1S/C18H20N2O3S/c1-10-5-3-7-13(11(10)2)23-9-15(21)20-18-16(17(19)22)12-6-4-8-14(12)24-18/h3,5,7H,4,6,8-9H2,1-2H3,(H2,19,22)(H,20,21).